The van der Waals surface area contributed by atoms with E-state index in [-0.39, 0.29) is 0 Å². The summed E-state index contributed by atoms with van der Waals surface area (Å²) in [5.41, 5.74) is 2.03. The molecule has 4 heteroatoms. The third-order valence-corrected chi connectivity index (χ3v) is 3.83. The van der Waals surface area contributed by atoms with Gasteiger partial charge < -0.3 is 4.74 Å². The van der Waals surface area contributed by atoms with Gasteiger partial charge in [-0.25, -0.2) is 0 Å². The number of fused-ring (bicyclic) bond motifs is 1. The van der Waals surface area contributed by atoms with Crippen molar-refractivity contribution in [1.29, 1.82) is 0 Å². The Bertz CT molecular complexity index is 544. The molecule has 0 bridgehead atoms. The summed E-state index contributed by atoms with van der Waals surface area (Å²) in [6.45, 7) is 2.01. The van der Waals surface area contributed by atoms with Crippen molar-refractivity contribution in [2.75, 3.05) is 0 Å². The fourth-order valence-electron chi connectivity index (χ4n) is 2.52. The molecule has 1 N–H and O–H groups in total. The Morgan fingerprint density at radius 3 is 2.88 bits per heavy atom. The van der Waals surface area contributed by atoms with Crippen LogP contribution in [0.25, 0.3) is 10.9 Å². The summed E-state index contributed by atoms with van der Waals surface area (Å²) in [5, 5.41) is 8.39. The minimum absolute atomic E-state index is 0.377. The van der Waals surface area contributed by atoms with Crippen molar-refractivity contribution in [3.63, 3.8) is 0 Å². The summed E-state index contributed by atoms with van der Waals surface area (Å²) >= 11 is 3.51. The lowest BCUT2D eigenvalue weighted by Crippen LogP contribution is -2.11. The summed E-state index contributed by atoms with van der Waals surface area (Å²) < 4.78 is 7.15. The van der Waals surface area contributed by atoms with E-state index in [1.807, 2.05) is 19.1 Å². The van der Waals surface area contributed by atoms with Crippen LogP contribution in [0.3, 0.4) is 0 Å². The second kappa shape index (κ2) is 4.33. The van der Waals surface area contributed by atoms with Gasteiger partial charge in [-0.3, -0.25) is 5.10 Å². The molecule has 0 amide bonds. The lowest BCUT2D eigenvalue weighted by molar-refractivity contribution is 0.212. The third kappa shape index (κ3) is 2.06. The van der Waals surface area contributed by atoms with E-state index >= 15 is 0 Å². The second-order valence-corrected chi connectivity index (χ2v) is 5.58. The number of aromatic amines is 1. The van der Waals surface area contributed by atoms with E-state index in [2.05, 4.69) is 26.1 Å². The van der Waals surface area contributed by atoms with Gasteiger partial charge in [0, 0.05) is 4.47 Å². The number of aryl methyl sites for hydroxylation is 1. The molecule has 2 aromatic rings. The molecule has 1 aliphatic rings. The molecule has 0 atom stereocenters. The van der Waals surface area contributed by atoms with Crippen LogP contribution in [0.15, 0.2) is 16.6 Å². The molecule has 3 rings (SSSR count). The third-order valence-electron chi connectivity index (χ3n) is 3.37. The average Bonchev–Trinajstić information content (AvgIpc) is 2.89. The van der Waals surface area contributed by atoms with Crippen LogP contribution in [0.2, 0.25) is 0 Å². The quantitative estimate of drug-likeness (QED) is 0.910. The molecular formula is C13H15BrN2O. The number of H-pyrrole nitrogens is 1. The SMILES string of the molecule is Cc1n[nH]c2cc(Br)cc(OC3CCCC3)c12. The van der Waals surface area contributed by atoms with Gasteiger partial charge in [-0.2, -0.15) is 5.10 Å². The molecule has 1 aromatic carbocycles. The Hall–Kier alpha value is -1.03. The molecule has 3 nitrogen and oxygen atoms in total. The standard InChI is InChI=1S/C13H15BrN2O/c1-8-13-11(16-15-8)6-9(14)7-12(13)17-10-4-2-3-5-10/h6-7,10H,2-5H2,1H3,(H,15,16). The van der Waals surface area contributed by atoms with Crippen molar-refractivity contribution in [3.8, 4) is 5.75 Å². The van der Waals surface area contributed by atoms with Crippen molar-refractivity contribution in [1.82, 2.24) is 10.2 Å². The fourth-order valence-corrected chi connectivity index (χ4v) is 2.96. The largest absolute Gasteiger partial charge is 0.490 e. The first-order chi connectivity index (χ1) is 8.24. The highest BCUT2D eigenvalue weighted by atomic mass is 79.9. The van der Waals surface area contributed by atoms with Crippen LogP contribution < -0.4 is 4.74 Å². The molecule has 0 saturated heterocycles. The van der Waals surface area contributed by atoms with Gasteiger partial charge in [0.05, 0.1) is 22.7 Å². The van der Waals surface area contributed by atoms with Gasteiger partial charge >= 0.3 is 0 Å². The van der Waals surface area contributed by atoms with Gasteiger partial charge in [-0.1, -0.05) is 15.9 Å². The van der Waals surface area contributed by atoms with Gasteiger partial charge in [-0.05, 0) is 44.7 Å². The topological polar surface area (TPSA) is 37.9 Å². The summed E-state index contributed by atoms with van der Waals surface area (Å²) in [4.78, 5) is 0. The van der Waals surface area contributed by atoms with Gasteiger partial charge in [0.15, 0.2) is 0 Å². The lowest BCUT2D eigenvalue weighted by atomic mass is 10.2. The zero-order valence-electron chi connectivity index (χ0n) is 9.79. The minimum Gasteiger partial charge on any atom is -0.490 e. The molecule has 1 aromatic heterocycles. The molecule has 1 heterocycles. The molecule has 0 aliphatic heterocycles. The number of aromatic nitrogens is 2. The van der Waals surface area contributed by atoms with E-state index in [1.54, 1.807) is 0 Å². The normalized spacial score (nSPS) is 16.8. The first-order valence-electron chi connectivity index (χ1n) is 6.05. The summed E-state index contributed by atoms with van der Waals surface area (Å²) in [7, 11) is 0. The maximum Gasteiger partial charge on any atom is 0.132 e. The van der Waals surface area contributed by atoms with E-state index < -0.39 is 0 Å². The van der Waals surface area contributed by atoms with Crippen LogP contribution in [0.5, 0.6) is 5.75 Å². The highest BCUT2D eigenvalue weighted by molar-refractivity contribution is 9.10. The highest BCUT2D eigenvalue weighted by Gasteiger charge is 2.19. The molecule has 1 aliphatic carbocycles. The first-order valence-corrected chi connectivity index (χ1v) is 6.84. The van der Waals surface area contributed by atoms with Crippen molar-refractivity contribution in [2.24, 2.45) is 0 Å². The van der Waals surface area contributed by atoms with E-state index in [0.29, 0.717) is 6.10 Å². The molecular weight excluding hydrogens is 280 g/mol. The van der Waals surface area contributed by atoms with Crippen LogP contribution in [-0.4, -0.2) is 16.3 Å². The Morgan fingerprint density at radius 1 is 1.35 bits per heavy atom. The zero-order chi connectivity index (χ0) is 11.8. The minimum atomic E-state index is 0.377. The Morgan fingerprint density at radius 2 is 2.12 bits per heavy atom. The number of hydrogen-bond donors (Lipinski definition) is 1. The number of rotatable bonds is 2. The Balaban J connectivity index is 2.03. The van der Waals surface area contributed by atoms with E-state index in [9.17, 15) is 0 Å². The molecule has 0 unspecified atom stereocenters. The summed E-state index contributed by atoms with van der Waals surface area (Å²) in [5.74, 6) is 0.951. The Labute approximate surface area is 109 Å². The van der Waals surface area contributed by atoms with Crippen molar-refractivity contribution < 1.29 is 4.74 Å². The van der Waals surface area contributed by atoms with E-state index in [1.165, 1.54) is 25.7 Å². The number of ether oxygens (including phenoxy) is 1. The molecule has 90 valence electrons. The van der Waals surface area contributed by atoms with Crippen LogP contribution in [0.1, 0.15) is 31.4 Å². The number of nitrogens with one attached hydrogen (secondary N) is 1. The number of benzene rings is 1. The molecule has 17 heavy (non-hydrogen) atoms. The maximum atomic E-state index is 6.12. The molecule has 1 fully saturated rings. The zero-order valence-corrected chi connectivity index (χ0v) is 11.4. The lowest BCUT2D eigenvalue weighted by Gasteiger charge is -2.14. The predicted octanol–water partition coefficient (Wildman–Crippen LogP) is 3.96. The Kier molecular flexibility index (Phi) is 2.82. The fraction of sp³-hybridized carbons (Fsp3) is 0.462. The smallest absolute Gasteiger partial charge is 0.132 e. The van der Waals surface area contributed by atoms with Crippen LogP contribution >= 0.6 is 15.9 Å². The maximum absolute atomic E-state index is 6.12. The molecule has 0 spiro atoms. The van der Waals surface area contributed by atoms with Gasteiger partial charge in [0.2, 0.25) is 0 Å². The van der Waals surface area contributed by atoms with Gasteiger partial charge in [0.25, 0.3) is 0 Å². The van der Waals surface area contributed by atoms with E-state index in [0.717, 1.165) is 26.8 Å². The summed E-state index contributed by atoms with van der Waals surface area (Å²) in [6.07, 6.45) is 5.29. The van der Waals surface area contributed by atoms with Crippen LogP contribution in [-0.2, 0) is 0 Å². The number of nitrogens with zero attached hydrogens (tertiary/aromatic N) is 1. The van der Waals surface area contributed by atoms with Gasteiger partial charge in [0.1, 0.15) is 5.75 Å². The number of hydrogen-bond acceptors (Lipinski definition) is 2. The molecule has 0 radical (unpaired) electrons. The van der Waals surface area contributed by atoms with Gasteiger partial charge in [-0.15, -0.1) is 0 Å². The first kappa shape index (κ1) is 11.1. The molecule has 1 saturated carbocycles. The second-order valence-electron chi connectivity index (χ2n) is 4.66. The van der Waals surface area contributed by atoms with E-state index in [4.69, 9.17) is 4.74 Å². The van der Waals surface area contributed by atoms with Crippen LogP contribution in [0.4, 0.5) is 0 Å². The monoisotopic (exact) mass is 294 g/mol. The van der Waals surface area contributed by atoms with Crippen molar-refractivity contribution in [3.05, 3.63) is 22.3 Å². The number of halogens is 1. The average molecular weight is 295 g/mol. The van der Waals surface area contributed by atoms with Crippen molar-refractivity contribution >= 4 is 26.8 Å². The van der Waals surface area contributed by atoms with Crippen LogP contribution in [0, 0.1) is 6.92 Å². The summed E-state index contributed by atoms with van der Waals surface area (Å²) in [6, 6.07) is 4.08. The predicted molar refractivity (Wildman–Crippen MR) is 71.4 cm³/mol. The van der Waals surface area contributed by atoms with Crippen molar-refractivity contribution in [2.45, 2.75) is 38.7 Å². The highest BCUT2D eigenvalue weighted by Crippen LogP contribution is 2.34.